The average molecular weight is 333 g/mol. The normalized spacial score (nSPS) is 12.6. The molecule has 17 heavy (non-hydrogen) atoms. The number of thioether (sulfide) groups is 1. The molecular weight excluding hydrogens is 323 g/mol. The van der Waals surface area contributed by atoms with Crippen LogP contribution in [-0.4, -0.2) is 10.9 Å². The zero-order valence-electron chi connectivity index (χ0n) is 8.77. The Morgan fingerprint density at radius 2 is 2.12 bits per heavy atom. The summed E-state index contributed by atoms with van der Waals surface area (Å²) in [5.41, 5.74) is 0.860. The van der Waals surface area contributed by atoms with E-state index in [9.17, 15) is 9.50 Å². The zero-order valence-corrected chi connectivity index (χ0v) is 12.0. The summed E-state index contributed by atoms with van der Waals surface area (Å²) in [5, 5.41) is 13.8. The molecule has 0 saturated heterocycles. The SMILES string of the molecule is OC(CSc1ccccc1F)c1cscc1Br. The number of hydrogen-bond acceptors (Lipinski definition) is 3. The van der Waals surface area contributed by atoms with Crippen LogP contribution in [0.15, 0.2) is 44.4 Å². The Kier molecular flexibility index (Phi) is 4.62. The van der Waals surface area contributed by atoms with E-state index in [2.05, 4.69) is 15.9 Å². The maximum Gasteiger partial charge on any atom is 0.136 e. The van der Waals surface area contributed by atoms with Crippen molar-refractivity contribution in [2.75, 3.05) is 5.75 Å². The molecule has 1 unspecified atom stereocenters. The number of thiophene rings is 1. The van der Waals surface area contributed by atoms with Crippen molar-refractivity contribution in [3.8, 4) is 0 Å². The predicted molar refractivity (Wildman–Crippen MR) is 74.1 cm³/mol. The smallest absolute Gasteiger partial charge is 0.136 e. The number of halogens is 2. The van der Waals surface area contributed by atoms with Gasteiger partial charge in [-0.25, -0.2) is 4.39 Å². The fourth-order valence-corrected chi connectivity index (χ4v) is 3.86. The van der Waals surface area contributed by atoms with Crippen molar-refractivity contribution in [2.45, 2.75) is 11.0 Å². The summed E-state index contributed by atoms with van der Waals surface area (Å²) in [7, 11) is 0. The molecule has 0 aliphatic heterocycles. The number of aliphatic hydroxyl groups excluding tert-OH is 1. The van der Waals surface area contributed by atoms with Crippen LogP contribution in [0.2, 0.25) is 0 Å². The highest BCUT2D eigenvalue weighted by Crippen LogP contribution is 2.32. The Bertz CT molecular complexity index is 501. The maximum atomic E-state index is 13.4. The molecule has 1 atom stereocenters. The standard InChI is InChI=1S/C12H10BrFOS2/c13-9-6-16-5-8(9)11(15)7-17-12-4-2-1-3-10(12)14/h1-6,11,15H,7H2. The summed E-state index contributed by atoms with van der Waals surface area (Å²) in [5.74, 6) is 0.199. The number of aliphatic hydroxyl groups is 1. The zero-order chi connectivity index (χ0) is 12.3. The molecule has 0 fully saturated rings. The van der Waals surface area contributed by atoms with E-state index in [1.54, 1.807) is 18.2 Å². The monoisotopic (exact) mass is 332 g/mol. The van der Waals surface area contributed by atoms with Crippen LogP contribution < -0.4 is 0 Å². The van der Waals surface area contributed by atoms with E-state index in [1.165, 1.54) is 29.2 Å². The van der Waals surface area contributed by atoms with Crippen LogP contribution in [0, 0.1) is 5.82 Å². The second-order valence-corrected chi connectivity index (χ2v) is 6.09. The van der Waals surface area contributed by atoms with Gasteiger partial charge in [-0.2, -0.15) is 11.3 Å². The molecule has 2 aromatic rings. The van der Waals surface area contributed by atoms with E-state index in [-0.39, 0.29) is 5.82 Å². The average Bonchev–Trinajstić information content (AvgIpc) is 2.74. The van der Waals surface area contributed by atoms with Crippen LogP contribution in [0.4, 0.5) is 4.39 Å². The summed E-state index contributed by atoms with van der Waals surface area (Å²) in [6.07, 6.45) is -0.583. The van der Waals surface area contributed by atoms with Gasteiger partial charge in [-0.15, -0.1) is 11.8 Å². The van der Waals surface area contributed by atoms with Crippen molar-refractivity contribution in [1.82, 2.24) is 0 Å². The lowest BCUT2D eigenvalue weighted by Crippen LogP contribution is -1.99. The molecule has 90 valence electrons. The molecule has 0 bridgehead atoms. The molecule has 0 aliphatic rings. The molecule has 1 aromatic carbocycles. The van der Waals surface area contributed by atoms with Gasteiger partial charge in [-0.05, 0) is 33.4 Å². The molecule has 0 spiro atoms. The molecule has 5 heteroatoms. The van der Waals surface area contributed by atoms with Gasteiger partial charge in [-0.1, -0.05) is 12.1 Å². The lowest BCUT2D eigenvalue weighted by Gasteiger charge is -2.09. The van der Waals surface area contributed by atoms with E-state index in [4.69, 9.17) is 0 Å². The van der Waals surface area contributed by atoms with Crippen LogP contribution in [0.1, 0.15) is 11.7 Å². The minimum atomic E-state index is -0.583. The highest BCUT2D eigenvalue weighted by molar-refractivity contribution is 9.10. The number of benzene rings is 1. The van der Waals surface area contributed by atoms with Crippen molar-refractivity contribution >= 4 is 39.0 Å². The summed E-state index contributed by atoms with van der Waals surface area (Å²) >= 11 is 6.22. The van der Waals surface area contributed by atoms with Gasteiger partial charge < -0.3 is 5.11 Å². The number of hydrogen-bond donors (Lipinski definition) is 1. The Labute approximate surface area is 116 Å². The second kappa shape index (κ2) is 6.00. The maximum absolute atomic E-state index is 13.4. The van der Waals surface area contributed by atoms with Crippen LogP contribution >= 0.6 is 39.0 Å². The quantitative estimate of drug-likeness (QED) is 0.833. The summed E-state index contributed by atoms with van der Waals surface area (Å²) in [4.78, 5) is 0.568. The van der Waals surface area contributed by atoms with Gasteiger partial charge in [0.1, 0.15) is 5.82 Å². The van der Waals surface area contributed by atoms with Crippen LogP contribution in [0.3, 0.4) is 0 Å². The van der Waals surface area contributed by atoms with Crippen molar-refractivity contribution < 1.29 is 9.50 Å². The van der Waals surface area contributed by atoms with Crippen LogP contribution in [0.25, 0.3) is 0 Å². The van der Waals surface area contributed by atoms with Gasteiger partial charge >= 0.3 is 0 Å². The van der Waals surface area contributed by atoms with E-state index < -0.39 is 6.10 Å². The third-order valence-corrected chi connectivity index (χ3v) is 5.11. The molecule has 1 heterocycles. The van der Waals surface area contributed by atoms with Crippen molar-refractivity contribution in [3.05, 3.63) is 50.9 Å². The summed E-state index contributed by atoms with van der Waals surface area (Å²) < 4.78 is 14.3. The van der Waals surface area contributed by atoms with E-state index in [1.807, 2.05) is 10.8 Å². The Morgan fingerprint density at radius 1 is 1.35 bits per heavy atom. The molecule has 1 N–H and O–H groups in total. The second-order valence-electron chi connectivity index (χ2n) is 3.43. The molecular formula is C12H10BrFOS2. The molecule has 1 nitrogen and oxygen atoms in total. The Morgan fingerprint density at radius 3 is 2.76 bits per heavy atom. The lowest BCUT2D eigenvalue weighted by molar-refractivity contribution is 0.204. The van der Waals surface area contributed by atoms with Gasteiger partial charge in [-0.3, -0.25) is 0 Å². The fourth-order valence-electron chi connectivity index (χ4n) is 1.35. The third-order valence-electron chi connectivity index (χ3n) is 2.23. The van der Waals surface area contributed by atoms with E-state index in [0.29, 0.717) is 10.6 Å². The predicted octanol–water partition coefficient (Wildman–Crippen LogP) is 4.48. The topological polar surface area (TPSA) is 20.2 Å². The molecule has 0 aliphatic carbocycles. The van der Waals surface area contributed by atoms with Crippen LogP contribution in [0.5, 0.6) is 0 Å². The van der Waals surface area contributed by atoms with Gasteiger partial charge in [0.2, 0.25) is 0 Å². The minimum absolute atomic E-state index is 0.242. The number of rotatable bonds is 4. The van der Waals surface area contributed by atoms with Gasteiger partial charge in [0.25, 0.3) is 0 Å². The molecule has 2 rings (SSSR count). The molecule has 0 radical (unpaired) electrons. The lowest BCUT2D eigenvalue weighted by atomic mass is 10.2. The highest BCUT2D eigenvalue weighted by Gasteiger charge is 2.13. The highest BCUT2D eigenvalue weighted by atomic mass is 79.9. The van der Waals surface area contributed by atoms with Gasteiger partial charge in [0, 0.05) is 26.1 Å². The van der Waals surface area contributed by atoms with Crippen molar-refractivity contribution in [2.24, 2.45) is 0 Å². The first-order valence-electron chi connectivity index (χ1n) is 4.95. The first kappa shape index (κ1) is 13.1. The van der Waals surface area contributed by atoms with Gasteiger partial charge in [0.15, 0.2) is 0 Å². The summed E-state index contributed by atoms with van der Waals surface area (Å²) in [6.45, 7) is 0. The fraction of sp³-hybridized carbons (Fsp3) is 0.167. The van der Waals surface area contributed by atoms with Gasteiger partial charge in [0.05, 0.1) is 6.10 Å². The minimum Gasteiger partial charge on any atom is -0.387 e. The molecule has 0 amide bonds. The van der Waals surface area contributed by atoms with E-state index in [0.717, 1.165) is 10.0 Å². The van der Waals surface area contributed by atoms with Crippen molar-refractivity contribution in [3.63, 3.8) is 0 Å². The van der Waals surface area contributed by atoms with Crippen molar-refractivity contribution in [1.29, 1.82) is 0 Å². The largest absolute Gasteiger partial charge is 0.387 e. The summed E-state index contributed by atoms with van der Waals surface area (Å²) in [6, 6.07) is 6.59. The Hall–Kier alpha value is -0.360. The third kappa shape index (κ3) is 3.31. The van der Waals surface area contributed by atoms with E-state index >= 15 is 0 Å². The first-order valence-corrected chi connectivity index (χ1v) is 7.67. The first-order chi connectivity index (χ1) is 8.18. The molecule has 0 saturated carbocycles. The van der Waals surface area contributed by atoms with Crippen LogP contribution in [-0.2, 0) is 0 Å². The Balaban J connectivity index is 2.00. The molecule has 1 aromatic heterocycles.